The maximum Gasteiger partial charge on any atom is 0.215 e. The second kappa shape index (κ2) is 5.67. The van der Waals surface area contributed by atoms with Crippen molar-refractivity contribution >= 4 is 5.69 Å². The van der Waals surface area contributed by atoms with E-state index in [0.29, 0.717) is 5.88 Å². The summed E-state index contributed by atoms with van der Waals surface area (Å²) in [6.45, 7) is 1.61. The molecule has 0 amide bonds. The van der Waals surface area contributed by atoms with Gasteiger partial charge in [0, 0.05) is 31.5 Å². The number of aromatic nitrogens is 1. The van der Waals surface area contributed by atoms with Crippen molar-refractivity contribution in [2.75, 3.05) is 32.2 Å². The third kappa shape index (κ3) is 3.67. The lowest BCUT2D eigenvalue weighted by Gasteiger charge is -2.15. The van der Waals surface area contributed by atoms with E-state index in [0.717, 1.165) is 11.4 Å². The van der Waals surface area contributed by atoms with Crippen LogP contribution in [0.2, 0.25) is 0 Å². The van der Waals surface area contributed by atoms with E-state index in [1.54, 1.807) is 6.07 Å². The number of hydrogen-bond donors (Lipinski definition) is 2. The lowest BCUT2D eigenvalue weighted by atomic mass is 10.3. The van der Waals surface area contributed by atoms with Gasteiger partial charge >= 0.3 is 0 Å². The molecule has 0 aromatic carbocycles. The molecule has 0 fully saturated rings. The zero-order chi connectivity index (χ0) is 12.1. The van der Waals surface area contributed by atoms with Crippen LogP contribution in [0.15, 0.2) is 12.1 Å². The molecule has 0 radical (unpaired) electrons. The number of aliphatic hydroxyl groups is 2. The Morgan fingerprint density at radius 1 is 1.44 bits per heavy atom. The van der Waals surface area contributed by atoms with Gasteiger partial charge in [-0.3, -0.25) is 0 Å². The summed E-state index contributed by atoms with van der Waals surface area (Å²) in [4.78, 5) is 6.13. The molecule has 5 nitrogen and oxygen atoms in total. The normalized spacial score (nSPS) is 12.3. The molecule has 1 rings (SSSR count). The van der Waals surface area contributed by atoms with Crippen LogP contribution in [0.1, 0.15) is 5.69 Å². The van der Waals surface area contributed by atoms with Gasteiger partial charge in [-0.1, -0.05) is 0 Å². The lowest BCUT2D eigenvalue weighted by Crippen LogP contribution is -2.21. The number of rotatable bonds is 5. The van der Waals surface area contributed by atoms with Gasteiger partial charge in [0.1, 0.15) is 12.7 Å². The minimum atomic E-state index is -0.870. The summed E-state index contributed by atoms with van der Waals surface area (Å²) in [7, 11) is 3.86. The van der Waals surface area contributed by atoms with Gasteiger partial charge in [-0.25, -0.2) is 4.98 Å². The van der Waals surface area contributed by atoms with Crippen LogP contribution >= 0.6 is 0 Å². The Kier molecular flexibility index (Phi) is 4.52. The van der Waals surface area contributed by atoms with Gasteiger partial charge in [-0.2, -0.15) is 0 Å². The van der Waals surface area contributed by atoms with Crippen LogP contribution in [-0.2, 0) is 0 Å². The second-order valence-corrected chi connectivity index (χ2v) is 3.85. The molecule has 1 aromatic heterocycles. The highest BCUT2D eigenvalue weighted by Gasteiger charge is 2.06. The van der Waals surface area contributed by atoms with Gasteiger partial charge in [0.2, 0.25) is 5.88 Å². The minimum absolute atomic E-state index is 0.0415. The zero-order valence-corrected chi connectivity index (χ0v) is 9.84. The third-order valence-corrected chi connectivity index (χ3v) is 2.07. The molecule has 0 aliphatic heterocycles. The Morgan fingerprint density at radius 3 is 2.69 bits per heavy atom. The third-order valence-electron chi connectivity index (χ3n) is 2.07. The van der Waals surface area contributed by atoms with Gasteiger partial charge in [0.15, 0.2) is 0 Å². The average Bonchev–Trinajstić information content (AvgIpc) is 2.25. The fourth-order valence-corrected chi connectivity index (χ4v) is 1.19. The van der Waals surface area contributed by atoms with Crippen molar-refractivity contribution in [3.05, 3.63) is 17.8 Å². The number of aryl methyl sites for hydroxylation is 1. The van der Waals surface area contributed by atoms with Gasteiger partial charge < -0.3 is 19.8 Å². The molecule has 1 unspecified atom stereocenters. The number of nitrogens with zero attached hydrogens (tertiary/aromatic N) is 2. The van der Waals surface area contributed by atoms with Crippen molar-refractivity contribution < 1.29 is 14.9 Å². The fourth-order valence-electron chi connectivity index (χ4n) is 1.19. The summed E-state index contributed by atoms with van der Waals surface area (Å²) in [5.41, 5.74) is 1.83. The molecule has 5 heteroatoms. The number of ether oxygens (including phenoxy) is 1. The maximum absolute atomic E-state index is 9.15. The number of hydrogen-bond acceptors (Lipinski definition) is 5. The predicted octanol–water partition coefficient (Wildman–Crippen LogP) is 0.188. The molecule has 0 aliphatic rings. The zero-order valence-electron chi connectivity index (χ0n) is 9.84. The van der Waals surface area contributed by atoms with E-state index in [1.165, 1.54) is 0 Å². The van der Waals surface area contributed by atoms with Crippen LogP contribution in [0.5, 0.6) is 5.88 Å². The maximum atomic E-state index is 9.15. The average molecular weight is 226 g/mol. The van der Waals surface area contributed by atoms with Crippen LogP contribution in [0.3, 0.4) is 0 Å². The van der Waals surface area contributed by atoms with Crippen LogP contribution in [0, 0.1) is 6.92 Å². The van der Waals surface area contributed by atoms with E-state index in [4.69, 9.17) is 14.9 Å². The highest BCUT2D eigenvalue weighted by molar-refractivity contribution is 5.48. The van der Waals surface area contributed by atoms with Crippen molar-refractivity contribution in [1.29, 1.82) is 0 Å². The lowest BCUT2D eigenvalue weighted by molar-refractivity contribution is 0.0521. The van der Waals surface area contributed by atoms with Crippen molar-refractivity contribution in [1.82, 2.24) is 4.98 Å². The Bertz CT molecular complexity index is 342. The second-order valence-electron chi connectivity index (χ2n) is 3.85. The quantitative estimate of drug-likeness (QED) is 0.750. The molecular formula is C11H18N2O3. The molecule has 1 heterocycles. The van der Waals surface area contributed by atoms with E-state index in [-0.39, 0.29) is 13.2 Å². The molecule has 1 atom stereocenters. The molecule has 0 aliphatic carbocycles. The largest absolute Gasteiger partial charge is 0.475 e. The fraction of sp³-hybridized carbons (Fsp3) is 0.545. The number of pyridine rings is 1. The SMILES string of the molecule is Cc1cc(N(C)C)cc(OCC(O)CO)n1. The molecule has 2 N–H and O–H groups in total. The van der Waals surface area contributed by atoms with Gasteiger partial charge in [-0.05, 0) is 13.0 Å². The standard InChI is InChI=1S/C11H18N2O3/c1-8-4-9(13(2)3)5-11(12-8)16-7-10(15)6-14/h4-5,10,14-15H,6-7H2,1-3H3. The monoisotopic (exact) mass is 226 g/mol. The molecule has 0 saturated carbocycles. The van der Waals surface area contributed by atoms with Crippen LogP contribution in [-0.4, -0.2) is 48.6 Å². The van der Waals surface area contributed by atoms with Crippen molar-refractivity contribution in [2.45, 2.75) is 13.0 Å². The Balaban J connectivity index is 2.72. The van der Waals surface area contributed by atoms with Crippen LogP contribution in [0.4, 0.5) is 5.69 Å². The number of aliphatic hydroxyl groups excluding tert-OH is 2. The highest BCUT2D eigenvalue weighted by Crippen LogP contribution is 2.18. The smallest absolute Gasteiger partial charge is 0.215 e. The first-order valence-corrected chi connectivity index (χ1v) is 5.10. The first-order chi connectivity index (χ1) is 7.52. The van der Waals surface area contributed by atoms with Crippen molar-refractivity contribution in [2.24, 2.45) is 0 Å². The molecule has 16 heavy (non-hydrogen) atoms. The van der Waals surface area contributed by atoms with Crippen molar-refractivity contribution in [3.8, 4) is 5.88 Å². The summed E-state index contributed by atoms with van der Waals surface area (Å²) in [5.74, 6) is 0.455. The first kappa shape index (κ1) is 12.7. The van der Waals surface area contributed by atoms with Crippen LogP contribution in [0.25, 0.3) is 0 Å². The van der Waals surface area contributed by atoms with E-state index >= 15 is 0 Å². The minimum Gasteiger partial charge on any atom is -0.475 e. The predicted molar refractivity (Wildman–Crippen MR) is 61.9 cm³/mol. The molecular weight excluding hydrogens is 208 g/mol. The highest BCUT2D eigenvalue weighted by atomic mass is 16.5. The van der Waals surface area contributed by atoms with E-state index in [9.17, 15) is 0 Å². The van der Waals surface area contributed by atoms with E-state index in [1.807, 2.05) is 32.0 Å². The summed E-state index contributed by atoms with van der Waals surface area (Å²) in [5, 5.41) is 17.8. The van der Waals surface area contributed by atoms with E-state index in [2.05, 4.69) is 4.98 Å². The topological polar surface area (TPSA) is 65.8 Å². The van der Waals surface area contributed by atoms with E-state index < -0.39 is 6.10 Å². The molecule has 0 saturated heterocycles. The molecule has 0 spiro atoms. The van der Waals surface area contributed by atoms with Gasteiger partial charge in [0.25, 0.3) is 0 Å². The molecule has 0 bridgehead atoms. The number of anilines is 1. The Hall–Kier alpha value is -1.33. The summed E-state index contributed by atoms with van der Waals surface area (Å²) >= 11 is 0. The van der Waals surface area contributed by atoms with Gasteiger partial charge in [-0.15, -0.1) is 0 Å². The van der Waals surface area contributed by atoms with Gasteiger partial charge in [0.05, 0.1) is 6.61 Å². The summed E-state index contributed by atoms with van der Waals surface area (Å²) < 4.78 is 5.28. The van der Waals surface area contributed by atoms with Crippen molar-refractivity contribution in [3.63, 3.8) is 0 Å². The molecule has 1 aromatic rings. The Morgan fingerprint density at radius 2 is 2.12 bits per heavy atom. The molecule has 90 valence electrons. The summed E-state index contributed by atoms with van der Waals surface area (Å²) in [6, 6.07) is 3.73. The van der Waals surface area contributed by atoms with Crippen LogP contribution < -0.4 is 9.64 Å². The first-order valence-electron chi connectivity index (χ1n) is 5.10. The Labute approximate surface area is 95.3 Å². The summed E-state index contributed by atoms with van der Waals surface area (Å²) in [6.07, 6.45) is -0.870.